The molecule has 0 bridgehead atoms. The first kappa shape index (κ1) is 19.6. The fourth-order valence-electron chi connectivity index (χ4n) is 3.37. The van der Waals surface area contributed by atoms with Crippen LogP contribution < -0.4 is 19.5 Å². The first-order valence-corrected chi connectivity index (χ1v) is 9.57. The van der Waals surface area contributed by atoms with Crippen LogP contribution in [-0.2, 0) is 6.54 Å². The fraction of sp³-hybridized carbons (Fsp3) is 0.217. The first-order valence-electron chi connectivity index (χ1n) is 9.57. The number of aromatic nitrogens is 3. The van der Waals surface area contributed by atoms with Crippen LogP contribution >= 0.6 is 0 Å². The zero-order valence-electron chi connectivity index (χ0n) is 17.5. The molecule has 0 atom stereocenters. The predicted molar refractivity (Wildman–Crippen MR) is 117 cm³/mol. The van der Waals surface area contributed by atoms with E-state index in [1.165, 1.54) is 11.1 Å². The number of nitrogens with zero attached hydrogens (tertiary/aromatic N) is 3. The van der Waals surface area contributed by atoms with Gasteiger partial charge in [0.15, 0.2) is 11.5 Å². The summed E-state index contributed by atoms with van der Waals surface area (Å²) in [4.78, 5) is 9.15. The van der Waals surface area contributed by atoms with Crippen molar-refractivity contribution in [2.45, 2.75) is 13.5 Å². The van der Waals surface area contributed by atoms with Gasteiger partial charge in [0.25, 0.3) is 0 Å². The summed E-state index contributed by atoms with van der Waals surface area (Å²) in [6.45, 7) is 2.73. The molecule has 2 heterocycles. The van der Waals surface area contributed by atoms with Gasteiger partial charge in [-0.1, -0.05) is 29.8 Å². The number of aryl methyl sites for hydroxylation is 1. The Morgan fingerprint density at radius 3 is 2.30 bits per heavy atom. The molecule has 0 aliphatic rings. The lowest BCUT2D eigenvalue weighted by Crippen LogP contribution is -2.04. The largest absolute Gasteiger partial charge is 0.493 e. The molecule has 0 amide bonds. The number of fused-ring (bicyclic) bond motifs is 1. The monoisotopic (exact) mass is 404 g/mol. The molecule has 0 fully saturated rings. The lowest BCUT2D eigenvalue weighted by atomic mass is 10.1. The quantitative estimate of drug-likeness (QED) is 0.494. The van der Waals surface area contributed by atoms with Crippen molar-refractivity contribution in [2.75, 3.05) is 26.6 Å². The van der Waals surface area contributed by atoms with Crippen LogP contribution in [0.25, 0.3) is 17.0 Å². The Kier molecular flexibility index (Phi) is 5.43. The summed E-state index contributed by atoms with van der Waals surface area (Å²) in [6.07, 6.45) is 3.67. The van der Waals surface area contributed by atoms with E-state index in [0.717, 1.165) is 17.1 Å². The fourth-order valence-corrected chi connectivity index (χ4v) is 3.37. The third-order valence-corrected chi connectivity index (χ3v) is 4.92. The molecule has 0 unspecified atom stereocenters. The molecule has 0 saturated carbocycles. The van der Waals surface area contributed by atoms with E-state index in [1.807, 2.05) is 28.8 Å². The van der Waals surface area contributed by atoms with Gasteiger partial charge in [-0.2, -0.15) is 0 Å². The maximum Gasteiger partial charge on any atom is 0.235 e. The maximum absolute atomic E-state index is 5.52. The molecule has 2 aromatic carbocycles. The van der Waals surface area contributed by atoms with E-state index in [2.05, 4.69) is 41.5 Å². The standard InChI is InChI=1S/C23H24N4O3/c1-15-6-8-16(9-7-15)14-25-22-20(26-23-24-10-5-11-27(22)23)17-12-18(28-2)21(30-4)19(13-17)29-3/h5-13,25H,14H2,1-4H3. The van der Waals surface area contributed by atoms with E-state index in [0.29, 0.717) is 29.6 Å². The number of hydrogen-bond acceptors (Lipinski definition) is 6. The summed E-state index contributed by atoms with van der Waals surface area (Å²) < 4.78 is 18.4. The lowest BCUT2D eigenvalue weighted by Gasteiger charge is -2.14. The van der Waals surface area contributed by atoms with Crippen LogP contribution in [0.4, 0.5) is 5.82 Å². The molecular formula is C23H24N4O3. The van der Waals surface area contributed by atoms with Crippen LogP contribution in [0.1, 0.15) is 11.1 Å². The van der Waals surface area contributed by atoms with E-state index in [9.17, 15) is 0 Å². The minimum Gasteiger partial charge on any atom is -0.493 e. The number of methoxy groups -OCH3 is 3. The van der Waals surface area contributed by atoms with Crippen LogP contribution in [0.2, 0.25) is 0 Å². The second-order valence-electron chi connectivity index (χ2n) is 6.85. The lowest BCUT2D eigenvalue weighted by molar-refractivity contribution is 0.324. The molecule has 4 aromatic rings. The number of imidazole rings is 1. The van der Waals surface area contributed by atoms with Gasteiger partial charge in [-0.25, -0.2) is 9.97 Å². The summed E-state index contributed by atoms with van der Waals surface area (Å²) in [5, 5.41) is 3.52. The Bertz CT molecular complexity index is 1140. The zero-order valence-corrected chi connectivity index (χ0v) is 17.5. The normalized spacial score (nSPS) is 10.8. The molecular weight excluding hydrogens is 380 g/mol. The molecule has 30 heavy (non-hydrogen) atoms. The zero-order chi connectivity index (χ0) is 21.1. The number of hydrogen-bond donors (Lipinski definition) is 1. The number of ether oxygens (including phenoxy) is 3. The van der Waals surface area contributed by atoms with Crippen molar-refractivity contribution in [3.8, 4) is 28.5 Å². The van der Waals surface area contributed by atoms with Gasteiger partial charge < -0.3 is 19.5 Å². The van der Waals surface area contributed by atoms with Gasteiger partial charge in [-0.15, -0.1) is 0 Å². The van der Waals surface area contributed by atoms with Crippen molar-refractivity contribution in [3.63, 3.8) is 0 Å². The minimum absolute atomic E-state index is 0.541. The molecule has 7 heteroatoms. The van der Waals surface area contributed by atoms with E-state index < -0.39 is 0 Å². The number of rotatable bonds is 7. The van der Waals surface area contributed by atoms with E-state index in [1.54, 1.807) is 27.5 Å². The second kappa shape index (κ2) is 8.32. The summed E-state index contributed by atoms with van der Waals surface area (Å²) in [5.74, 6) is 3.13. The number of benzene rings is 2. The SMILES string of the molecule is COc1cc(-c2nc3ncccn3c2NCc2ccc(C)cc2)cc(OC)c1OC. The van der Waals surface area contributed by atoms with Crippen molar-refractivity contribution >= 4 is 11.6 Å². The van der Waals surface area contributed by atoms with Crippen molar-refractivity contribution < 1.29 is 14.2 Å². The summed E-state index contributed by atoms with van der Waals surface area (Å²) >= 11 is 0. The smallest absolute Gasteiger partial charge is 0.235 e. The van der Waals surface area contributed by atoms with Crippen LogP contribution in [0, 0.1) is 6.92 Å². The molecule has 2 aromatic heterocycles. The third kappa shape index (κ3) is 3.61. The highest BCUT2D eigenvalue weighted by molar-refractivity contribution is 5.79. The molecule has 0 aliphatic carbocycles. The number of nitrogens with one attached hydrogen (secondary N) is 1. The topological polar surface area (TPSA) is 69.9 Å². The Morgan fingerprint density at radius 2 is 1.67 bits per heavy atom. The molecule has 7 nitrogen and oxygen atoms in total. The molecule has 0 spiro atoms. The van der Waals surface area contributed by atoms with Gasteiger partial charge in [-0.3, -0.25) is 4.40 Å². The van der Waals surface area contributed by atoms with Crippen molar-refractivity contribution in [2.24, 2.45) is 0 Å². The van der Waals surface area contributed by atoms with Gasteiger partial charge in [-0.05, 0) is 30.7 Å². The molecule has 4 rings (SSSR count). The van der Waals surface area contributed by atoms with Crippen molar-refractivity contribution in [1.82, 2.24) is 14.4 Å². The van der Waals surface area contributed by atoms with Gasteiger partial charge in [0.1, 0.15) is 11.5 Å². The van der Waals surface area contributed by atoms with Gasteiger partial charge in [0.2, 0.25) is 11.5 Å². The van der Waals surface area contributed by atoms with E-state index in [-0.39, 0.29) is 0 Å². The molecule has 0 aliphatic heterocycles. The van der Waals surface area contributed by atoms with Crippen LogP contribution in [0.3, 0.4) is 0 Å². The highest BCUT2D eigenvalue weighted by Crippen LogP contribution is 2.42. The summed E-state index contributed by atoms with van der Waals surface area (Å²) in [6, 6.07) is 14.1. The van der Waals surface area contributed by atoms with Crippen molar-refractivity contribution in [1.29, 1.82) is 0 Å². The second-order valence-corrected chi connectivity index (χ2v) is 6.85. The predicted octanol–water partition coefficient (Wildman–Crippen LogP) is 4.34. The molecule has 154 valence electrons. The van der Waals surface area contributed by atoms with E-state index >= 15 is 0 Å². The average Bonchev–Trinajstić information content (AvgIpc) is 3.16. The number of anilines is 1. The van der Waals surface area contributed by atoms with Crippen LogP contribution in [0.5, 0.6) is 17.2 Å². The Labute approximate surface area is 175 Å². The van der Waals surface area contributed by atoms with E-state index in [4.69, 9.17) is 19.2 Å². The van der Waals surface area contributed by atoms with Crippen LogP contribution in [-0.4, -0.2) is 35.7 Å². The molecule has 1 N–H and O–H groups in total. The Morgan fingerprint density at radius 1 is 0.967 bits per heavy atom. The highest BCUT2D eigenvalue weighted by Gasteiger charge is 2.20. The van der Waals surface area contributed by atoms with Gasteiger partial charge in [0.05, 0.1) is 21.3 Å². The Hall–Kier alpha value is -3.74. The highest BCUT2D eigenvalue weighted by atomic mass is 16.5. The first-order chi connectivity index (χ1) is 14.6. The maximum atomic E-state index is 5.52. The third-order valence-electron chi connectivity index (χ3n) is 4.92. The summed E-state index contributed by atoms with van der Waals surface area (Å²) in [5.41, 5.74) is 3.99. The van der Waals surface area contributed by atoms with Gasteiger partial charge >= 0.3 is 0 Å². The van der Waals surface area contributed by atoms with Crippen molar-refractivity contribution in [3.05, 3.63) is 66.0 Å². The molecule has 0 saturated heterocycles. The minimum atomic E-state index is 0.541. The summed E-state index contributed by atoms with van der Waals surface area (Å²) in [7, 11) is 4.79. The van der Waals surface area contributed by atoms with Gasteiger partial charge in [0, 0.05) is 24.5 Å². The molecule has 0 radical (unpaired) electrons. The average molecular weight is 404 g/mol. The Balaban J connectivity index is 1.81. The van der Waals surface area contributed by atoms with Crippen LogP contribution in [0.15, 0.2) is 54.9 Å².